The van der Waals surface area contributed by atoms with Gasteiger partial charge in [0, 0.05) is 19.3 Å². The molecule has 2 aliphatic rings. The van der Waals surface area contributed by atoms with Gasteiger partial charge in [0.15, 0.2) is 11.6 Å². The fourth-order valence-corrected chi connectivity index (χ4v) is 4.45. The smallest absolute Gasteiger partial charge is 0.341 e. The number of carboxylic acid groups (broad SMARTS) is 1. The van der Waals surface area contributed by atoms with Crippen LogP contribution in [0.4, 0.5) is 15.8 Å². The lowest BCUT2D eigenvalue weighted by Crippen LogP contribution is -2.31. The standard InChI is InChI=1S/C21H27FN4O4/c1-3-5-24-7-12-4-6-25(8-12)18-15(22)16(23)14-17-20(18)30-10-11(2)26(17)9-13(19(14)27)21(28)29/h9,11-12,24H,3-8,10,23H2,1-2H3,(H,28,29). The maximum atomic E-state index is 15.5. The van der Waals surface area contributed by atoms with Crippen LogP contribution in [0.2, 0.25) is 0 Å². The summed E-state index contributed by atoms with van der Waals surface area (Å²) in [6.45, 7) is 7.32. The summed E-state index contributed by atoms with van der Waals surface area (Å²) in [5, 5.41) is 12.7. The Balaban J connectivity index is 1.86. The van der Waals surface area contributed by atoms with E-state index in [1.165, 1.54) is 6.20 Å². The molecule has 0 radical (unpaired) electrons. The molecule has 30 heavy (non-hydrogen) atoms. The second-order valence-corrected chi connectivity index (χ2v) is 8.18. The van der Waals surface area contributed by atoms with Gasteiger partial charge in [-0.25, -0.2) is 9.18 Å². The quantitative estimate of drug-likeness (QED) is 0.487. The molecule has 0 bridgehead atoms. The number of benzene rings is 1. The van der Waals surface area contributed by atoms with E-state index in [9.17, 15) is 14.7 Å². The van der Waals surface area contributed by atoms with E-state index < -0.39 is 22.8 Å². The number of anilines is 2. The maximum absolute atomic E-state index is 15.5. The maximum Gasteiger partial charge on any atom is 0.341 e. The van der Waals surface area contributed by atoms with Gasteiger partial charge in [-0.05, 0) is 38.8 Å². The number of carbonyl (C=O) groups is 1. The molecule has 2 aliphatic heterocycles. The summed E-state index contributed by atoms with van der Waals surface area (Å²) in [6, 6.07) is -0.221. The second kappa shape index (κ2) is 7.79. The van der Waals surface area contributed by atoms with E-state index in [0.717, 1.165) is 25.9 Å². The lowest BCUT2D eigenvalue weighted by Gasteiger charge is -2.32. The molecule has 2 unspecified atom stereocenters. The molecular formula is C21H27FN4O4. The van der Waals surface area contributed by atoms with Crippen molar-refractivity contribution in [3.63, 3.8) is 0 Å². The molecule has 9 heteroatoms. The van der Waals surface area contributed by atoms with Crippen LogP contribution in [-0.4, -0.2) is 48.4 Å². The van der Waals surface area contributed by atoms with Crippen LogP contribution in [0.25, 0.3) is 10.9 Å². The van der Waals surface area contributed by atoms with Crippen LogP contribution in [0.3, 0.4) is 0 Å². The van der Waals surface area contributed by atoms with Crippen molar-refractivity contribution >= 4 is 28.2 Å². The summed E-state index contributed by atoms with van der Waals surface area (Å²) in [6.07, 6.45) is 3.28. The second-order valence-electron chi connectivity index (χ2n) is 8.18. The Morgan fingerprint density at radius 2 is 2.23 bits per heavy atom. The van der Waals surface area contributed by atoms with Crippen LogP contribution in [0.15, 0.2) is 11.0 Å². The van der Waals surface area contributed by atoms with Gasteiger partial charge in [-0.2, -0.15) is 0 Å². The summed E-state index contributed by atoms with van der Waals surface area (Å²) in [4.78, 5) is 26.3. The van der Waals surface area contributed by atoms with Crippen LogP contribution >= 0.6 is 0 Å². The number of nitrogens with one attached hydrogen (secondary N) is 1. The topological polar surface area (TPSA) is 110 Å². The molecule has 0 saturated carbocycles. The molecule has 1 aromatic carbocycles. The first-order valence-electron chi connectivity index (χ1n) is 10.4. The predicted molar refractivity (Wildman–Crippen MR) is 113 cm³/mol. The third-order valence-electron chi connectivity index (χ3n) is 6.01. The fraction of sp³-hybridized carbons (Fsp3) is 0.524. The van der Waals surface area contributed by atoms with Gasteiger partial charge in [-0.15, -0.1) is 0 Å². The number of aromatic carboxylic acids is 1. The lowest BCUT2D eigenvalue weighted by atomic mass is 10.0. The average molecular weight is 418 g/mol. The minimum Gasteiger partial charge on any atom is -0.487 e. The number of nitrogens with two attached hydrogens (primary N) is 1. The summed E-state index contributed by atoms with van der Waals surface area (Å²) < 4.78 is 23.1. The Kier molecular flexibility index (Phi) is 5.31. The minimum absolute atomic E-state index is 0.127. The molecule has 2 atom stereocenters. The molecule has 1 fully saturated rings. The van der Waals surface area contributed by atoms with Gasteiger partial charge in [-0.3, -0.25) is 4.79 Å². The van der Waals surface area contributed by atoms with Crippen LogP contribution in [0.5, 0.6) is 5.75 Å². The van der Waals surface area contributed by atoms with Gasteiger partial charge in [0.2, 0.25) is 5.43 Å². The summed E-state index contributed by atoms with van der Waals surface area (Å²) in [7, 11) is 0. The number of aromatic nitrogens is 1. The van der Waals surface area contributed by atoms with E-state index in [-0.39, 0.29) is 35.2 Å². The zero-order chi connectivity index (χ0) is 21.6. The Hall–Kier alpha value is -2.81. The van der Waals surface area contributed by atoms with Crippen LogP contribution in [0.1, 0.15) is 43.1 Å². The molecule has 0 amide bonds. The first-order chi connectivity index (χ1) is 14.3. The molecule has 4 rings (SSSR count). The first-order valence-corrected chi connectivity index (χ1v) is 10.4. The number of nitrogen functional groups attached to an aromatic ring is 1. The van der Waals surface area contributed by atoms with Gasteiger partial charge in [-0.1, -0.05) is 6.92 Å². The molecule has 0 aliphatic carbocycles. The highest BCUT2D eigenvalue weighted by Crippen LogP contribution is 2.46. The normalized spacial score (nSPS) is 20.6. The van der Waals surface area contributed by atoms with Gasteiger partial charge in [0.25, 0.3) is 0 Å². The largest absolute Gasteiger partial charge is 0.487 e. The molecule has 4 N–H and O–H groups in total. The molecular weight excluding hydrogens is 391 g/mol. The summed E-state index contributed by atoms with van der Waals surface area (Å²) >= 11 is 0. The Labute approximate surface area is 173 Å². The van der Waals surface area contributed by atoms with Gasteiger partial charge in [0.05, 0.1) is 22.6 Å². The zero-order valence-corrected chi connectivity index (χ0v) is 17.2. The number of hydrogen-bond acceptors (Lipinski definition) is 6. The van der Waals surface area contributed by atoms with Crippen molar-refractivity contribution in [1.82, 2.24) is 9.88 Å². The molecule has 1 saturated heterocycles. The Morgan fingerprint density at radius 1 is 1.47 bits per heavy atom. The van der Waals surface area contributed by atoms with Crippen molar-refractivity contribution in [3.05, 3.63) is 27.8 Å². The zero-order valence-electron chi connectivity index (χ0n) is 17.2. The number of nitrogens with zero attached hydrogens (tertiary/aromatic N) is 2. The average Bonchev–Trinajstić information content (AvgIpc) is 3.17. The molecule has 3 heterocycles. The van der Waals surface area contributed by atoms with Crippen molar-refractivity contribution in [3.8, 4) is 5.75 Å². The van der Waals surface area contributed by atoms with Crippen LogP contribution < -0.4 is 26.1 Å². The third kappa shape index (κ3) is 3.17. The molecule has 162 valence electrons. The Morgan fingerprint density at radius 3 is 2.93 bits per heavy atom. The fourth-order valence-electron chi connectivity index (χ4n) is 4.45. The summed E-state index contributed by atoms with van der Waals surface area (Å²) in [5.41, 5.74) is 5.16. The van der Waals surface area contributed by atoms with Crippen LogP contribution in [-0.2, 0) is 0 Å². The lowest BCUT2D eigenvalue weighted by molar-refractivity contribution is 0.0694. The number of hydrogen-bond donors (Lipinski definition) is 3. The van der Waals surface area contributed by atoms with E-state index in [1.54, 1.807) is 4.57 Å². The van der Waals surface area contributed by atoms with Crippen molar-refractivity contribution in [1.29, 1.82) is 0 Å². The van der Waals surface area contributed by atoms with E-state index in [4.69, 9.17) is 10.5 Å². The van der Waals surface area contributed by atoms with Gasteiger partial charge in [0.1, 0.15) is 17.9 Å². The number of carboxylic acids is 1. The van der Waals surface area contributed by atoms with Crippen molar-refractivity contribution in [2.75, 3.05) is 43.4 Å². The molecule has 0 spiro atoms. The van der Waals surface area contributed by atoms with Crippen LogP contribution in [0, 0.1) is 11.7 Å². The van der Waals surface area contributed by atoms with Crippen molar-refractivity contribution in [2.24, 2.45) is 5.92 Å². The van der Waals surface area contributed by atoms with Gasteiger partial charge >= 0.3 is 5.97 Å². The van der Waals surface area contributed by atoms with E-state index >= 15 is 4.39 Å². The molecule has 8 nitrogen and oxygen atoms in total. The predicted octanol–water partition coefficient (Wildman–Crippen LogP) is 2.20. The van der Waals surface area contributed by atoms with Crippen molar-refractivity contribution in [2.45, 2.75) is 32.7 Å². The minimum atomic E-state index is -1.36. The third-order valence-corrected chi connectivity index (χ3v) is 6.01. The number of halogens is 1. The first kappa shape index (κ1) is 20.5. The Bertz CT molecular complexity index is 1070. The highest BCUT2D eigenvalue weighted by Gasteiger charge is 2.34. The number of ether oxygens (including phenoxy) is 1. The van der Waals surface area contributed by atoms with E-state index in [0.29, 0.717) is 24.5 Å². The van der Waals surface area contributed by atoms with E-state index in [1.807, 2.05) is 11.8 Å². The number of pyridine rings is 1. The molecule has 2 aromatic rings. The monoisotopic (exact) mass is 418 g/mol. The van der Waals surface area contributed by atoms with Crippen molar-refractivity contribution < 1.29 is 19.0 Å². The molecule has 1 aromatic heterocycles. The van der Waals surface area contributed by atoms with Gasteiger partial charge < -0.3 is 30.4 Å². The SMILES string of the molecule is CCCNCC1CCN(c2c(F)c(N)c3c(=O)c(C(=O)O)cn4c3c2OCC4C)C1. The number of rotatable bonds is 6. The summed E-state index contributed by atoms with van der Waals surface area (Å²) in [5.74, 6) is -1.44. The van der Waals surface area contributed by atoms with E-state index in [2.05, 4.69) is 12.2 Å². The highest BCUT2D eigenvalue weighted by molar-refractivity contribution is 6.03. The highest BCUT2D eigenvalue weighted by atomic mass is 19.1.